The summed E-state index contributed by atoms with van der Waals surface area (Å²) in [7, 11) is 0. The van der Waals surface area contributed by atoms with Crippen LogP contribution in [0, 0.1) is 11.3 Å². The number of hydrogen-bond donors (Lipinski definition) is 0. The third-order valence-electron chi connectivity index (χ3n) is 5.40. The Kier molecular flexibility index (Phi) is 4.59. The Hall–Kier alpha value is -2.85. The average molecular weight is 337 g/mol. The average Bonchev–Trinajstić information content (AvgIpc) is 2.71. The molecule has 0 heterocycles. The van der Waals surface area contributed by atoms with Crippen LogP contribution < -0.4 is 0 Å². The maximum absolute atomic E-state index is 8.97. The Bertz CT molecular complexity index is 974. The Morgan fingerprint density at radius 1 is 0.808 bits per heavy atom. The van der Waals surface area contributed by atoms with Crippen molar-refractivity contribution in [3.05, 3.63) is 82.9 Å². The summed E-state index contributed by atoms with van der Waals surface area (Å²) in [5.74, 6) is 0. The lowest BCUT2D eigenvalue weighted by molar-refractivity contribution is 0.792. The number of nitriles is 1. The molecule has 0 aliphatic heterocycles. The number of nitrogens with zero attached hydrogens (tertiary/aromatic N) is 1. The van der Waals surface area contributed by atoms with Gasteiger partial charge >= 0.3 is 0 Å². The van der Waals surface area contributed by atoms with E-state index in [9.17, 15) is 0 Å². The molecular weight excluding hydrogens is 314 g/mol. The van der Waals surface area contributed by atoms with Gasteiger partial charge in [-0.2, -0.15) is 5.26 Å². The molecule has 1 heteroatoms. The van der Waals surface area contributed by atoms with Crippen molar-refractivity contribution in [2.45, 2.75) is 39.0 Å². The molecule has 3 aromatic rings. The molecule has 0 saturated carbocycles. The first-order chi connectivity index (χ1) is 12.8. The van der Waals surface area contributed by atoms with Gasteiger partial charge in [0.1, 0.15) is 0 Å². The molecule has 3 aromatic carbocycles. The minimum Gasteiger partial charge on any atom is -0.192 e. The third-order valence-corrected chi connectivity index (χ3v) is 5.40. The van der Waals surface area contributed by atoms with Crippen molar-refractivity contribution >= 4 is 0 Å². The number of hydrogen-bond acceptors (Lipinski definition) is 1. The molecule has 0 bridgehead atoms. The molecule has 0 N–H and O–H groups in total. The largest absolute Gasteiger partial charge is 0.192 e. The van der Waals surface area contributed by atoms with Crippen LogP contribution in [0.25, 0.3) is 22.3 Å². The predicted octanol–water partition coefficient (Wildman–Crippen LogP) is 6.33. The van der Waals surface area contributed by atoms with Crippen molar-refractivity contribution in [3.63, 3.8) is 0 Å². The summed E-state index contributed by atoms with van der Waals surface area (Å²) in [4.78, 5) is 0. The van der Waals surface area contributed by atoms with E-state index in [4.69, 9.17) is 5.26 Å². The molecule has 4 rings (SSSR count). The number of rotatable bonds is 4. The van der Waals surface area contributed by atoms with E-state index in [0.717, 1.165) is 12.8 Å². The van der Waals surface area contributed by atoms with Gasteiger partial charge in [-0.25, -0.2) is 0 Å². The maximum atomic E-state index is 8.97. The third kappa shape index (κ3) is 3.16. The van der Waals surface area contributed by atoms with E-state index in [1.54, 1.807) is 0 Å². The van der Waals surface area contributed by atoms with Crippen LogP contribution in [-0.4, -0.2) is 0 Å². The summed E-state index contributed by atoms with van der Waals surface area (Å²) in [6.07, 6.45) is 5.93. The van der Waals surface area contributed by atoms with Gasteiger partial charge in [0.25, 0.3) is 0 Å². The molecule has 0 aromatic heterocycles. The quantitative estimate of drug-likeness (QED) is 0.545. The molecule has 1 nitrogen and oxygen atoms in total. The standard InChI is InChI=1S/C25H23N/c1-2-3-4-18-7-13-24-22(15-18)10-11-23-16-21(12-14-25(23)24)20-8-5-19(17-26)6-9-20/h5-9,12-16H,2-4,10-11H2,1H3. The zero-order valence-electron chi connectivity index (χ0n) is 15.3. The van der Waals surface area contributed by atoms with Gasteiger partial charge in [-0.3, -0.25) is 0 Å². The van der Waals surface area contributed by atoms with E-state index < -0.39 is 0 Å². The van der Waals surface area contributed by atoms with Gasteiger partial charge in [0.05, 0.1) is 11.6 Å². The lowest BCUT2D eigenvalue weighted by Crippen LogP contribution is -2.05. The smallest absolute Gasteiger partial charge is 0.0991 e. The molecule has 0 atom stereocenters. The number of benzene rings is 3. The molecule has 0 unspecified atom stereocenters. The molecule has 0 fully saturated rings. The molecule has 1 aliphatic carbocycles. The summed E-state index contributed by atoms with van der Waals surface area (Å²) in [5, 5.41) is 8.97. The Balaban J connectivity index is 1.66. The van der Waals surface area contributed by atoms with Crippen LogP contribution in [0.2, 0.25) is 0 Å². The first kappa shape index (κ1) is 16.6. The first-order valence-electron chi connectivity index (χ1n) is 9.54. The predicted molar refractivity (Wildman–Crippen MR) is 108 cm³/mol. The van der Waals surface area contributed by atoms with Gasteiger partial charge in [0.2, 0.25) is 0 Å². The van der Waals surface area contributed by atoms with Crippen molar-refractivity contribution in [3.8, 4) is 28.3 Å². The van der Waals surface area contributed by atoms with Crippen LogP contribution in [-0.2, 0) is 19.3 Å². The fourth-order valence-corrected chi connectivity index (χ4v) is 3.90. The number of unbranched alkanes of at least 4 members (excludes halogenated alkanes) is 1. The lowest BCUT2D eigenvalue weighted by Gasteiger charge is -2.21. The molecule has 26 heavy (non-hydrogen) atoms. The van der Waals surface area contributed by atoms with E-state index in [1.165, 1.54) is 58.2 Å². The normalized spacial score (nSPS) is 12.2. The van der Waals surface area contributed by atoms with Gasteiger partial charge in [-0.1, -0.05) is 61.9 Å². The second-order valence-corrected chi connectivity index (χ2v) is 7.16. The van der Waals surface area contributed by atoms with Gasteiger partial charge < -0.3 is 0 Å². The van der Waals surface area contributed by atoms with Gasteiger partial charge in [0.15, 0.2) is 0 Å². The van der Waals surface area contributed by atoms with Gasteiger partial charge in [0, 0.05) is 0 Å². The molecule has 0 radical (unpaired) electrons. The van der Waals surface area contributed by atoms with Crippen LogP contribution in [0.15, 0.2) is 60.7 Å². The van der Waals surface area contributed by atoms with Crippen LogP contribution in [0.5, 0.6) is 0 Å². The molecule has 0 spiro atoms. The summed E-state index contributed by atoms with van der Waals surface area (Å²) < 4.78 is 0. The van der Waals surface area contributed by atoms with Crippen molar-refractivity contribution in [1.29, 1.82) is 5.26 Å². The van der Waals surface area contributed by atoms with E-state index in [0.29, 0.717) is 5.56 Å². The zero-order chi connectivity index (χ0) is 17.9. The van der Waals surface area contributed by atoms with Crippen LogP contribution >= 0.6 is 0 Å². The highest BCUT2D eigenvalue weighted by Crippen LogP contribution is 2.36. The molecule has 0 saturated heterocycles. The highest BCUT2D eigenvalue weighted by Gasteiger charge is 2.17. The maximum Gasteiger partial charge on any atom is 0.0991 e. The Labute approximate surface area is 155 Å². The summed E-state index contributed by atoms with van der Waals surface area (Å²) >= 11 is 0. The van der Waals surface area contributed by atoms with E-state index in [2.05, 4.69) is 49.4 Å². The summed E-state index contributed by atoms with van der Waals surface area (Å²) in [6.45, 7) is 2.25. The summed E-state index contributed by atoms with van der Waals surface area (Å²) in [5.41, 5.74) is 10.3. The second-order valence-electron chi connectivity index (χ2n) is 7.16. The topological polar surface area (TPSA) is 23.8 Å². The Morgan fingerprint density at radius 2 is 1.46 bits per heavy atom. The Morgan fingerprint density at radius 3 is 2.15 bits per heavy atom. The molecule has 0 amide bonds. The van der Waals surface area contributed by atoms with Crippen LogP contribution in [0.3, 0.4) is 0 Å². The van der Waals surface area contributed by atoms with Crippen molar-refractivity contribution in [2.75, 3.05) is 0 Å². The minimum atomic E-state index is 0.708. The first-order valence-corrected chi connectivity index (χ1v) is 9.54. The second kappa shape index (κ2) is 7.18. The van der Waals surface area contributed by atoms with Crippen LogP contribution in [0.1, 0.15) is 42.0 Å². The highest BCUT2D eigenvalue weighted by molar-refractivity contribution is 5.77. The molecule has 128 valence electrons. The van der Waals surface area contributed by atoms with E-state index in [1.807, 2.05) is 24.3 Å². The zero-order valence-corrected chi connectivity index (χ0v) is 15.3. The molecule has 1 aliphatic rings. The highest BCUT2D eigenvalue weighted by atomic mass is 14.2. The lowest BCUT2D eigenvalue weighted by atomic mass is 9.83. The van der Waals surface area contributed by atoms with Crippen molar-refractivity contribution < 1.29 is 0 Å². The van der Waals surface area contributed by atoms with Gasteiger partial charge in [-0.05, 0) is 76.8 Å². The summed E-state index contributed by atoms with van der Waals surface area (Å²) in [6, 6.07) is 23.9. The van der Waals surface area contributed by atoms with E-state index >= 15 is 0 Å². The fourth-order valence-electron chi connectivity index (χ4n) is 3.90. The minimum absolute atomic E-state index is 0.708. The monoisotopic (exact) mass is 337 g/mol. The van der Waals surface area contributed by atoms with Crippen LogP contribution in [0.4, 0.5) is 0 Å². The number of aryl methyl sites for hydroxylation is 3. The molecular formula is C25H23N. The SMILES string of the molecule is CCCCc1ccc2c(c1)CCc1cc(-c3ccc(C#N)cc3)ccc1-2. The number of fused-ring (bicyclic) bond motifs is 3. The van der Waals surface area contributed by atoms with Gasteiger partial charge in [-0.15, -0.1) is 0 Å². The fraction of sp³-hybridized carbons (Fsp3) is 0.240. The van der Waals surface area contributed by atoms with E-state index in [-0.39, 0.29) is 0 Å². The van der Waals surface area contributed by atoms with Crippen molar-refractivity contribution in [1.82, 2.24) is 0 Å². The van der Waals surface area contributed by atoms with Crippen molar-refractivity contribution in [2.24, 2.45) is 0 Å².